The van der Waals surface area contributed by atoms with E-state index >= 15 is 0 Å². The van der Waals surface area contributed by atoms with Crippen LogP contribution in [0.25, 0.3) is 5.69 Å². The molecular weight excluding hydrogens is 465 g/mol. The Morgan fingerprint density at radius 3 is 2.43 bits per heavy atom. The highest BCUT2D eigenvalue weighted by molar-refractivity contribution is 6.02. The molecule has 4 aromatic rings. The Kier molecular flexibility index (Phi) is 6.91. The molecule has 5 nitrogen and oxygen atoms in total. The summed E-state index contributed by atoms with van der Waals surface area (Å²) in [4.78, 5) is 30.9. The van der Waals surface area contributed by atoms with Crippen LogP contribution < -0.4 is 4.90 Å². The number of halogens is 1. The summed E-state index contributed by atoms with van der Waals surface area (Å²) in [6, 6.07) is 25.5. The maximum Gasteiger partial charge on any atom is 0.257 e. The highest BCUT2D eigenvalue weighted by atomic mass is 19.1. The first-order valence-corrected chi connectivity index (χ1v) is 12.7. The van der Waals surface area contributed by atoms with Crippen molar-refractivity contribution in [1.82, 2.24) is 9.47 Å². The van der Waals surface area contributed by atoms with Gasteiger partial charge in [-0.05, 0) is 55.3 Å². The van der Waals surface area contributed by atoms with Crippen LogP contribution in [0, 0.1) is 12.7 Å². The molecule has 0 radical (unpaired) electrons. The molecule has 2 amide bonds. The van der Waals surface area contributed by atoms with E-state index in [-0.39, 0.29) is 24.1 Å². The number of amides is 2. The normalized spacial score (nSPS) is 14.1. The summed E-state index contributed by atoms with van der Waals surface area (Å²) >= 11 is 0. The summed E-state index contributed by atoms with van der Waals surface area (Å²) in [6.45, 7) is 4.28. The molecule has 3 aromatic carbocycles. The number of anilines is 1. The molecule has 1 aromatic heterocycles. The zero-order chi connectivity index (χ0) is 25.9. The van der Waals surface area contributed by atoms with Gasteiger partial charge in [0.1, 0.15) is 18.4 Å². The molecular formula is C31H30FN3O2. The molecule has 0 aliphatic carbocycles. The maximum absolute atomic E-state index is 14.5. The average Bonchev–Trinajstić information content (AvgIpc) is 3.40. The second-order valence-electron chi connectivity index (χ2n) is 9.43. The first-order valence-electron chi connectivity index (χ1n) is 12.7. The fraction of sp³-hybridized carbons (Fsp3) is 0.226. The summed E-state index contributed by atoms with van der Waals surface area (Å²) in [6.07, 6.45) is 3.57. The van der Waals surface area contributed by atoms with E-state index in [1.807, 2.05) is 74.6 Å². The summed E-state index contributed by atoms with van der Waals surface area (Å²) in [5, 5.41) is 0. The van der Waals surface area contributed by atoms with Crippen LogP contribution in [0.1, 0.15) is 53.0 Å². The summed E-state index contributed by atoms with van der Waals surface area (Å²) in [5.74, 6) is -1.27. The lowest BCUT2D eigenvalue weighted by atomic mass is 9.96. The van der Waals surface area contributed by atoms with Gasteiger partial charge in [0.05, 0.1) is 22.6 Å². The van der Waals surface area contributed by atoms with Crippen molar-refractivity contribution in [2.24, 2.45) is 0 Å². The van der Waals surface area contributed by atoms with Crippen molar-refractivity contribution in [1.29, 1.82) is 0 Å². The maximum atomic E-state index is 14.5. The Hall–Kier alpha value is -4.19. The van der Waals surface area contributed by atoms with E-state index in [9.17, 15) is 14.0 Å². The third-order valence-electron chi connectivity index (χ3n) is 6.85. The van der Waals surface area contributed by atoms with Crippen molar-refractivity contribution >= 4 is 17.5 Å². The second kappa shape index (κ2) is 10.4. The van der Waals surface area contributed by atoms with Crippen molar-refractivity contribution in [2.45, 2.75) is 32.7 Å². The molecule has 0 saturated heterocycles. The third-order valence-corrected chi connectivity index (χ3v) is 6.85. The number of aryl methyl sites for hydroxylation is 1. The van der Waals surface area contributed by atoms with Gasteiger partial charge in [-0.25, -0.2) is 4.39 Å². The summed E-state index contributed by atoms with van der Waals surface area (Å²) in [7, 11) is 0. The van der Waals surface area contributed by atoms with Gasteiger partial charge < -0.3 is 9.47 Å². The van der Waals surface area contributed by atoms with Crippen LogP contribution in [0.15, 0.2) is 91.1 Å². The summed E-state index contributed by atoms with van der Waals surface area (Å²) < 4.78 is 16.6. The van der Waals surface area contributed by atoms with Crippen LogP contribution in [0.4, 0.5) is 10.1 Å². The van der Waals surface area contributed by atoms with Gasteiger partial charge in [0.25, 0.3) is 5.91 Å². The molecule has 188 valence electrons. The van der Waals surface area contributed by atoms with E-state index in [0.29, 0.717) is 13.0 Å². The number of benzene rings is 3. The first-order chi connectivity index (χ1) is 18.0. The van der Waals surface area contributed by atoms with E-state index in [4.69, 9.17) is 0 Å². The van der Waals surface area contributed by atoms with Crippen LogP contribution in [0.3, 0.4) is 0 Å². The monoisotopic (exact) mass is 495 g/mol. The van der Waals surface area contributed by atoms with Gasteiger partial charge in [-0.15, -0.1) is 0 Å². The van der Waals surface area contributed by atoms with Gasteiger partial charge in [-0.1, -0.05) is 67.4 Å². The highest BCUT2D eigenvalue weighted by Crippen LogP contribution is 2.42. The Morgan fingerprint density at radius 1 is 0.919 bits per heavy atom. The predicted octanol–water partition coefficient (Wildman–Crippen LogP) is 6.30. The van der Waals surface area contributed by atoms with Gasteiger partial charge in [-0.2, -0.15) is 0 Å². The Labute approximate surface area is 216 Å². The zero-order valence-electron chi connectivity index (χ0n) is 21.1. The molecule has 1 aliphatic heterocycles. The standard InChI is InChI=1S/C31H30FN3O2/c1-3-4-18-33(31(37)24-13-5-6-14-25(24)32)21-29(36)35-27-16-8-7-15-26(27)34-19-10-17-28(34)30(35)23-12-9-11-22(2)20-23/h5-17,19-20,30H,3-4,18,21H2,1-2H3. The minimum absolute atomic E-state index is 0.0189. The van der Waals surface area contributed by atoms with Gasteiger partial charge in [0.2, 0.25) is 5.91 Å². The van der Waals surface area contributed by atoms with Crippen molar-refractivity contribution < 1.29 is 14.0 Å². The number of unbranched alkanes of at least 4 members (excludes halogenated alkanes) is 1. The van der Waals surface area contributed by atoms with Crippen LogP contribution in [0.5, 0.6) is 0 Å². The van der Waals surface area contributed by atoms with E-state index < -0.39 is 11.7 Å². The lowest BCUT2D eigenvalue weighted by Gasteiger charge is -2.39. The Balaban J connectivity index is 1.57. The molecule has 2 heterocycles. The molecule has 0 bridgehead atoms. The number of para-hydroxylation sites is 2. The molecule has 0 fully saturated rings. The van der Waals surface area contributed by atoms with Gasteiger partial charge in [0.15, 0.2) is 0 Å². The molecule has 0 saturated carbocycles. The number of rotatable bonds is 7. The van der Waals surface area contributed by atoms with E-state index in [1.165, 1.54) is 17.0 Å². The second-order valence-corrected chi connectivity index (χ2v) is 9.43. The fourth-order valence-electron chi connectivity index (χ4n) is 5.06. The van der Waals surface area contributed by atoms with Gasteiger partial charge >= 0.3 is 0 Å². The molecule has 37 heavy (non-hydrogen) atoms. The molecule has 6 heteroatoms. The Morgan fingerprint density at radius 2 is 1.68 bits per heavy atom. The van der Waals surface area contributed by atoms with Crippen molar-refractivity contribution in [3.05, 3.63) is 119 Å². The van der Waals surface area contributed by atoms with Crippen LogP contribution in [-0.4, -0.2) is 34.4 Å². The number of aromatic nitrogens is 1. The van der Waals surface area contributed by atoms with Crippen molar-refractivity contribution in [2.75, 3.05) is 18.0 Å². The lowest BCUT2D eigenvalue weighted by molar-refractivity contribution is -0.119. The predicted molar refractivity (Wildman–Crippen MR) is 143 cm³/mol. The van der Waals surface area contributed by atoms with E-state index in [0.717, 1.165) is 34.6 Å². The average molecular weight is 496 g/mol. The van der Waals surface area contributed by atoms with Crippen LogP contribution >= 0.6 is 0 Å². The molecule has 0 N–H and O–H groups in total. The molecule has 0 spiro atoms. The number of fused-ring (bicyclic) bond motifs is 3. The topological polar surface area (TPSA) is 45.6 Å². The molecule has 1 aliphatic rings. The van der Waals surface area contributed by atoms with Crippen LogP contribution in [0.2, 0.25) is 0 Å². The highest BCUT2D eigenvalue weighted by Gasteiger charge is 2.37. The molecule has 5 rings (SSSR count). The van der Waals surface area contributed by atoms with Crippen LogP contribution in [-0.2, 0) is 4.79 Å². The minimum Gasteiger partial charge on any atom is -0.329 e. The molecule has 1 unspecified atom stereocenters. The quantitative estimate of drug-likeness (QED) is 0.302. The first kappa shape index (κ1) is 24.5. The third kappa shape index (κ3) is 4.67. The van der Waals surface area contributed by atoms with Gasteiger partial charge in [-0.3, -0.25) is 14.5 Å². The molecule has 1 atom stereocenters. The number of carbonyl (C=O) groups is 2. The SMILES string of the molecule is CCCCN(CC(=O)N1c2ccccc2-n2cccc2C1c1cccc(C)c1)C(=O)c1ccccc1F. The number of hydrogen-bond acceptors (Lipinski definition) is 2. The Bertz CT molecular complexity index is 1440. The number of nitrogens with zero attached hydrogens (tertiary/aromatic N) is 3. The largest absolute Gasteiger partial charge is 0.329 e. The number of hydrogen-bond donors (Lipinski definition) is 0. The van der Waals surface area contributed by atoms with E-state index in [1.54, 1.807) is 17.0 Å². The number of carbonyl (C=O) groups excluding carboxylic acids is 2. The van der Waals surface area contributed by atoms with Crippen molar-refractivity contribution in [3.63, 3.8) is 0 Å². The zero-order valence-corrected chi connectivity index (χ0v) is 21.1. The summed E-state index contributed by atoms with van der Waals surface area (Å²) in [5.41, 5.74) is 4.72. The minimum atomic E-state index is -0.583. The fourth-order valence-corrected chi connectivity index (χ4v) is 5.06. The van der Waals surface area contributed by atoms with Crippen molar-refractivity contribution in [3.8, 4) is 5.69 Å². The van der Waals surface area contributed by atoms with Gasteiger partial charge in [0, 0.05) is 12.7 Å². The van der Waals surface area contributed by atoms with E-state index in [2.05, 4.69) is 10.6 Å². The smallest absolute Gasteiger partial charge is 0.257 e. The lowest BCUT2D eigenvalue weighted by Crippen LogP contribution is -2.47.